The summed E-state index contributed by atoms with van der Waals surface area (Å²) in [6.45, 7) is 0. The van der Waals surface area contributed by atoms with Crippen molar-refractivity contribution in [1.29, 1.82) is 0 Å². The zero-order valence-electron chi connectivity index (χ0n) is 27.8. The van der Waals surface area contributed by atoms with Gasteiger partial charge in [-0.05, 0) is 134 Å². The molecule has 2 aliphatic carbocycles. The number of hydrogen-bond donors (Lipinski definition) is 0. The molecule has 0 saturated heterocycles. The van der Waals surface area contributed by atoms with Crippen LogP contribution >= 0.6 is 0 Å². The Hall–Kier alpha value is -6.50. The van der Waals surface area contributed by atoms with Crippen LogP contribution in [0.3, 0.4) is 0 Å². The largest absolute Gasteiger partial charge is 0.0731 e. The van der Waals surface area contributed by atoms with Crippen molar-refractivity contribution < 1.29 is 0 Å². The third-order valence-electron chi connectivity index (χ3n) is 12.0. The van der Waals surface area contributed by atoms with Gasteiger partial charge in [0.15, 0.2) is 0 Å². The molecule has 0 N–H and O–H groups in total. The van der Waals surface area contributed by atoms with Crippen molar-refractivity contribution in [2.75, 3.05) is 0 Å². The second kappa shape index (κ2) is 9.81. The average Bonchev–Trinajstić information content (AvgIpc) is 3.66. The predicted octanol–water partition coefficient (Wildman–Crippen LogP) is 13.5. The summed E-state index contributed by atoms with van der Waals surface area (Å²) in [4.78, 5) is 0. The summed E-state index contributed by atoms with van der Waals surface area (Å²) in [5, 5.41) is 12.9. The minimum atomic E-state index is -0.403. The molecule has 0 nitrogen and oxygen atoms in total. The maximum absolute atomic E-state index is 2.48. The van der Waals surface area contributed by atoms with Crippen LogP contribution in [0.15, 0.2) is 182 Å². The van der Waals surface area contributed by atoms with E-state index in [1.54, 1.807) is 0 Å². The fourth-order valence-corrected chi connectivity index (χ4v) is 9.95. The van der Waals surface area contributed by atoms with E-state index in [0.717, 1.165) is 0 Å². The fraction of sp³-hybridized carbons (Fsp3) is 0.0196. The zero-order valence-corrected chi connectivity index (χ0v) is 27.8. The number of benzene rings is 10. The molecule has 2 aliphatic rings. The lowest BCUT2D eigenvalue weighted by Gasteiger charge is -2.31. The number of rotatable bonds is 1. The molecule has 0 amide bonds. The summed E-state index contributed by atoms with van der Waals surface area (Å²) in [5.41, 5.74) is 13.0. The first-order valence-electron chi connectivity index (χ1n) is 17.9. The van der Waals surface area contributed by atoms with Gasteiger partial charge in [-0.25, -0.2) is 0 Å². The van der Waals surface area contributed by atoms with Crippen molar-refractivity contribution >= 4 is 53.9 Å². The van der Waals surface area contributed by atoms with Gasteiger partial charge in [0, 0.05) is 0 Å². The summed E-state index contributed by atoms with van der Waals surface area (Å²) in [6, 6.07) is 68.6. The first-order chi connectivity index (χ1) is 25.3. The third-order valence-corrected chi connectivity index (χ3v) is 12.0. The minimum absolute atomic E-state index is 0.403. The van der Waals surface area contributed by atoms with Crippen molar-refractivity contribution in [2.24, 2.45) is 0 Å². The molecule has 0 heteroatoms. The Morgan fingerprint density at radius 2 is 0.863 bits per heavy atom. The highest BCUT2D eigenvalue weighted by atomic mass is 14.5. The lowest BCUT2D eigenvalue weighted by Crippen LogP contribution is -2.26. The molecule has 10 aromatic carbocycles. The highest BCUT2D eigenvalue weighted by molar-refractivity contribution is 6.23. The maximum atomic E-state index is 2.48. The van der Waals surface area contributed by atoms with Gasteiger partial charge < -0.3 is 0 Å². The molecule has 12 rings (SSSR count). The van der Waals surface area contributed by atoms with Gasteiger partial charge in [-0.1, -0.05) is 158 Å². The van der Waals surface area contributed by atoms with E-state index in [1.165, 1.54) is 109 Å². The molecule has 0 fully saturated rings. The van der Waals surface area contributed by atoms with E-state index in [4.69, 9.17) is 0 Å². The van der Waals surface area contributed by atoms with Crippen molar-refractivity contribution in [1.82, 2.24) is 0 Å². The SMILES string of the molecule is c1ccc2c(c1)-c1ccccc1C21c2cc3ccccc3cc2-c2ccc3cc(-c4cc5ccc6ccccc6c5c5ccccc45)ccc3c21. The fourth-order valence-electron chi connectivity index (χ4n) is 9.95. The second-order valence-corrected chi connectivity index (χ2v) is 14.4. The van der Waals surface area contributed by atoms with Gasteiger partial charge >= 0.3 is 0 Å². The van der Waals surface area contributed by atoms with Crippen LogP contribution in [0.4, 0.5) is 0 Å². The van der Waals surface area contributed by atoms with E-state index < -0.39 is 5.41 Å². The van der Waals surface area contributed by atoms with E-state index in [0.29, 0.717) is 0 Å². The van der Waals surface area contributed by atoms with Crippen LogP contribution in [0.1, 0.15) is 22.3 Å². The van der Waals surface area contributed by atoms with Crippen LogP contribution < -0.4 is 0 Å². The highest BCUT2D eigenvalue weighted by Crippen LogP contribution is 2.64. The summed E-state index contributed by atoms with van der Waals surface area (Å²) < 4.78 is 0. The van der Waals surface area contributed by atoms with Crippen molar-refractivity contribution in [2.45, 2.75) is 5.41 Å². The third kappa shape index (κ3) is 3.44. The highest BCUT2D eigenvalue weighted by Gasteiger charge is 2.52. The van der Waals surface area contributed by atoms with Crippen LogP contribution in [0.25, 0.3) is 87.2 Å². The Kier molecular flexibility index (Phi) is 5.26. The van der Waals surface area contributed by atoms with Gasteiger partial charge in [0.1, 0.15) is 0 Å². The van der Waals surface area contributed by atoms with Crippen LogP contribution in [-0.4, -0.2) is 0 Å². The predicted molar refractivity (Wildman–Crippen MR) is 216 cm³/mol. The molecular formula is C51H30. The molecule has 0 unspecified atom stereocenters. The molecule has 0 atom stereocenters. The second-order valence-electron chi connectivity index (χ2n) is 14.4. The molecule has 0 aromatic heterocycles. The van der Waals surface area contributed by atoms with Crippen LogP contribution in [0, 0.1) is 0 Å². The Morgan fingerprint density at radius 1 is 0.275 bits per heavy atom. The quantitative estimate of drug-likeness (QED) is 0.156. The summed E-state index contributed by atoms with van der Waals surface area (Å²) in [7, 11) is 0. The summed E-state index contributed by atoms with van der Waals surface area (Å²) in [6.07, 6.45) is 0. The van der Waals surface area contributed by atoms with Crippen molar-refractivity contribution in [3.05, 3.63) is 204 Å². The standard InChI is InChI=1S/C51H30/c1-2-13-33-30-48-45(28-32(33)12-1)43-26-24-34-27-35(44-29-36-22-21-31-11-3-4-14-37(31)49(36)42-18-6-5-15-39(42)44)23-25-38(34)50(43)51(48)46-19-9-7-16-40(46)41-17-8-10-20-47(41)51/h1-30H. The molecule has 0 saturated carbocycles. The van der Waals surface area contributed by atoms with Gasteiger partial charge in [-0.3, -0.25) is 0 Å². The molecule has 1 spiro atoms. The molecular weight excluding hydrogens is 613 g/mol. The lowest BCUT2D eigenvalue weighted by atomic mass is 9.69. The van der Waals surface area contributed by atoms with Gasteiger partial charge in [-0.15, -0.1) is 0 Å². The Bertz CT molecular complexity index is 3100. The molecule has 0 bridgehead atoms. The Balaban J connectivity index is 1.17. The molecule has 0 aliphatic heterocycles. The zero-order chi connectivity index (χ0) is 33.3. The van der Waals surface area contributed by atoms with Gasteiger partial charge in [0.05, 0.1) is 5.41 Å². The maximum Gasteiger partial charge on any atom is 0.0731 e. The Labute approximate surface area is 295 Å². The van der Waals surface area contributed by atoms with Gasteiger partial charge in [0.25, 0.3) is 0 Å². The van der Waals surface area contributed by atoms with Crippen LogP contribution in [-0.2, 0) is 5.41 Å². The topological polar surface area (TPSA) is 0 Å². The average molecular weight is 643 g/mol. The molecule has 0 radical (unpaired) electrons. The van der Waals surface area contributed by atoms with E-state index in [-0.39, 0.29) is 0 Å². The number of hydrogen-bond acceptors (Lipinski definition) is 0. The minimum Gasteiger partial charge on any atom is -0.0619 e. The Morgan fingerprint density at radius 3 is 1.65 bits per heavy atom. The molecule has 10 aromatic rings. The number of fused-ring (bicyclic) bond motifs is 18. The first kappa shape index (κ1) is 27.3. The van der Waals surface area contributed by atoms with E-state index in [1.807, 2.05) is 0 Å². The molecule has 234 valence electrons. The van der Waals surface area contributed by atoms with Crippen LogP contribution in [0.2, 0.25) is 0 Å². The smallest absolute Gasteiger partial charge is 0.0619 e. The molecule has 0 heterocycles. The summed E-state index contributed by atoms with van der Waals surface area (Å²) >= 11 is 0. The van der Waals surface area contributed by atoms with E-state index >= 15 is 0 Å². The normalized spacial score (nSPS) is 13.6. The summed E-state index contributed by atoms with van der Waals surface area (Å²) in [5.74, 6) is 0. The first-order valence-corrected chi connectivity index (χ1v) is 17.9. The lowest BCUT2D eigenvalue weighted by molar-refractivity contribution is 0.802. The van der Waals surface area contributed by atoms with E-state index in [2.05, 4.69) is 182 Å². The monoisotopic (exact) mass is 642 g/mol. The van der Waals surface area contributed by atoms with Crippen molar-refractivity contribution in [3.63, 3.8) is 0 Å². The van der Waals surface area contributed by atoms with E-state index in [9.17, 15) is 0 Å². The molecule has 51 heavy (non-hydrogen) atoms. The van der Waals surface area contributed by atoms with Gasteiger partial charge in [0.2, 0.25) is 0 Å². The van der Waals surface area contributed by atoms with Crippen molar-refractivity contribution in [3.8, 4) is 33.4 Å². The van der Waals surface area contributed by atoms with Crippen LogP contribution in [0.5, 0.6) is 0 Å². The van der Waals surface area contributed by atoms with Gasteiger partial charge in [-0.2, -0.15) is 0 Å².